The van der Waals surface area contributed by atoms with Crippen LogP contribution in [0.4, 0.5) is 0 Å². The fourth-order valence-electron chi connectivity index (χ4n) is 1.78. The van der Waals surface area contributed by atoms with E-state index in [0.717, 1.165) is 23.7 Å². The van der Waals surface area contributed by atoms with E-state index in [9.17, 15) is 0 Å². The van der Waals surface area contributed by atoms with Gasteiger partial charge in [-0.05, 0) is 32.4 Å². The minimum atomic E-state index is 0.276. The van der Waals surface area contributed by atoms with Crippen LogP contribution < -0.4 is 0 Å². The molecule has 0 saturated carbocycles. The topological polar surface area (TPSA) is 45.9 Å². The Morgan fingerprint density at radius 1 is 1.56 bits per heavy atom. The van der Waals surface area contributed by atoms with E-state index >= 15 is 0 Å². The normalized spacial score (nSPS) is 24.3. The molecule has 0 spiro atoms. The van der Waals surface area contributed by atoms with Crippen LogP contribution in [0.25, 0.3) is 0 Å². The second kappa shape index (κ2) is 4.86. The number of nitrogens with zero attached hydrogens (tertiary/aromatic N) is 2. The zero-order chi connectivity index (χ0) is 11.5. The van der Waals surface area contributed by atoms with Gasteiger partial charge in [0.25, 0.3) is 0 Å². The van der Waals surface area contributed by atoms with Crippen molar-refractivity contribution in [3.63, 3.8) is 0 Å². The number of hydrogen-bond donors (Lipinski definition) is 0. The number of pyridine rings is 1. The molecule has 1 aliphatic heterocycles. The lowest BCUT2D eigenvalue weighted by molar-refractivity contribution is 0.127. The Balaban J connectivity index is 2.15. The highest BCUT2D eigenvalue weighted by molar-refractivity contribution is 7.99. The van der Waals surface area contributed by atoms with Crippen LogP contribution in [0.1, 0.15) is 24.6 Å². The first kappa shape index (κ1) is 11.4. The molecule has 4 heteroatoms. The van der Waals surface area contributed by atoms with E-state index in [0.29, 0.717) is 10.8 Å². The van der Waals surface area contributed by atoms with Crippen molar-refractivity contribution in [2.45, 2.75) is 36.6 Å². The van der Waals surface area contributed by atoms with E-state index in [1.807, 2.05) is 13.0 Å². The third kappa shape index (κ3) is 2.55. The standard InChI is InChI=1S/C12H14N2OS/c1-8-5-10(7-13)6-12(14-8)16-11-3-4-15-9(11)2/h5-6,9,11H,3-4H2,1-2H3. The molecule has 1 aliphatic rings. The van der Waals surface area contributed by atoms with Gasteiger partial charge < -0.3 is 4.74 Å². The monoisotopic (exact) mass is 234 g/mol. The Morgan fingerprint density at radius 2 is 2.38 bits per heavy atom. The molecule has 0 aliphatic carbocycles. The van der Waals surface area contributed by atoms with E-state index in [4.69, 9.17) is 10.00 Å². The van der Waals surface area contributed by atoms with Crippen LogP contribution in [0.15, 0.2) is 17.2 Å². The van der Waals surface area contributed by atoms with E-state index in [2.05, 4.69) is 18.0 Å². The maximum Gasteiger partial charge on any atom is 0.0993 e. The number of hydrogen-bond acceptors (Lipinski definition) is 4. The molecule has 1 aromatic rings. The summed E-state index contributed by atoms with van der Waals surface area (Å²) in [6, 6.07) is 5.81. The summed E-state index contributed by atoms with van der Waals surface area (Å²) in [4.78, 5) is 4.44. The average Bonchev–Trinajstić information content (AvgIpc) is 2.63. The van der Waals surface area contributed by atoms with E-state index in [1.54, 1.807) is 17.8 Å². The zero-order valence-electron chi connectivity index (χ0n) is 9.43. The van der Waals surface area contributed by atoms with Crippen LogP contribution in [0, 0.1) is 18.3 Å². The van der Waals surface area contributed by atoms with Crippen molar-refractivity contribution >= 4 is 11.8 Å². The van der Waals surface area contributed by atoms with Gasteiger partial charge >= 0.3 is 0 Å². The van der Waals surface area contributed by atoms with Crippen molar-refractivity contribution < 1.29 is 4.74 Å². The first-order chi connectivity index (χ1) is 7.69. The van der Waals surface area contributed by atoms with Crippen LogP contribution in [-0.4, -0.2) is 22.9 Å². The molecule has 1 aromatic heterocycles. The molecule has 0 aromatic carbocycles. The predicted octanol–water partition coefficient (Wildman–Crippen LogP) is 2.53. The van der Waals surface area contributed by atoms with Gasteiger partial charge in [-0.1, -0.05) is 0 Å². The highest BCUT2D eigenvalue weighted by Crippen LogP contribution is 2.31. The van der Waals surface area contributed by atoms with Gasteiger partial charge in [0.2, 0.25) is 0 Å². The fraction of sp³-hybridized carbons (Fsp3) is 0.500. The lowest BCUT2D eigenvalue weighted by Crippen LogP contribution is -2.13. The van der Waals surface area contributed by atoms with Crippen molar-refractivity contribution in [1.82, 2.24) is 4.98 Å². The van der Waals surface area contributed by atoms with E-state index in [1.165, 1.54) is 0 Å². The molecule has 2 unspecified atom stereocenters. The molecule has 0 bridgehead atoms. The molecular formula is C12H14N2OS. The van der Waals surface area contributed by atoms with Crippen molar-refractivity contribution in [2.75, 3.05) is 6.61 Å². The van der Waals surface area contributed by atoms with Gasteiger partial charge in [0.1, 0.15) is 0 Å². The Hall–Kier alpha value is -1.05. The molecule has 1 saturated heterocycles. The van der Waals surface area contributed by atoms with Gasteiger partial charge in [-0.2, -0.15) is 5.26 Å². The number of ether oxygens (including phenoxy) is 1. The Morgan fingerprint density at radius 3 is 3.00 bits per heavy atom. The second-order valence-corrected chi connectivity index (χ2v) is 5.23. The van der Waals surface area contributed by atoms with E-state index in [-0.39, 0.29) is 6.10 Å². The minimum absolute atomic E-state index is 0.276. The SMILES string of the molecule is Cc1cc(C#N)cc(SC2CCOC2C)n1. The van der Waals surface area contributed by atoms with Gasteiger partial charge in [-0.15, -0.1) is 11.8 Å². The minimum Gasteiger partial charge on any atom is -0.377 e. The van der Waals surface area contributed by atoms with Crippen LogP contribution in [0.5, 0.6) is 0 Å². The first-order valence-electron chi connectivity index (χ1n) is 5.36. The largest absolute Gasteiger partial charge is 0.377 e. The first-order valence-corrected chi connectivity index (χ1v) is 6.24. The third-order valence-corrected chi connectivity index (χ3v) is 4.01. The number of nitriles is 1. The van der Waals surface area contributed by atoms with Gasteiger partial charge in [0.15, 0.2) is 0 Å². The molecule has 2 atom stereocenters. The highest BCUT2D eigenvalue weighted by atomic mass is 32.2. The summed E-state index contributed by atoms with van der Waals surface area (Å²) < 4.78 is 5.51. The summed E-state index contributed by atoms with van der Waals surface area (Å²) in [5.41, 5.74) is 1.58. The summed E-state index contributed by atoms with van der Waals surface area (Å²) in [7, 11) is 0. The molecule has 0 radical (unpaired) electrons. The smallest absolute Gasteiger partial charge is 0.0993 e. The van der Waals surface area contributed by atoms with Gasteiger partial charge in [0.05, 0.1) is 22.8 Å². The summed E-state index contributed by atoms with van der Waals surface area (Å²) >= 11 is 1.72. The Kier molecular flexibility index (Phi) is 3.47. The van der Waals surface area contributed by atoms with E-state index < -0.39 is 0 Å². The van der Waals surface area contributed by atoms with Crippen molar-refractivity contribution in [3.8, 4) is 6.07 Å². The predicted molar refractivity (Wildman–Crippen MR) is 63.4 cm³/mol. The lowest BCUT2D eigenvalue weighted by atomic mass is 10.2. The van der Waals surface area contributed by atoms with Crippen molar-refractivity contribution in [1.29, 1.82) is 5.26 Å². The molecule has 3 nitrogen and oxygen atoms in total. The molecular weight excluding hydrogens is 220 g/mol. The van der Waals surface area contributed by atoms with Crippen LogP contribution in [0.3, 0.4) is 0 Å². The summed E-state index contributed by atoms with van der Waals surface area (Å²) in [5, 5.41) is 10.3. The Bertz CT molecular complexity index is 428. The molecule has 84 valence electrons. The second-order valence-electron chi connectivity index (χ2n) is 3.97. The lowest BCUT2D eigenvalue weighted by Gasteiger charge is -2.13. The summed E-state index contributed by atoms with van der Waals surface area (Å²) in [6.45, 7) is 4.83. The van der Waals surface area contributed by atoms with Gasteiger partial charge in [0, 0.05) is 17.6 Å². The molecule has 16 heavy (non-hydrogen) atoms. The van der Waals surface area contributed by atoms with Crippen LogP contribution >= 0.6 is 11.8 Å². The summed E-state index contributed by atoms with van der Waals surface area (Å²) in [5.74, 6) is 0. The zero-order valence-corrected chi connectivity index (χ0v) is 10.3. The van der Waals surface area contributed by atoms with Crippen LogP contribution in [0.2, 0.25) is 0 Å². The maximum atomic E-state index is 8.89. The fourth-order valence-corrected chi connectivity index (χ4v) is 2.97. The van der Waals surface area contributed by atoms with Gasteiger partial charge in [-0.3, -0.25) is 0 Å². The number of aryl methyl sites for hydroxylation is 1. The third-order valence-electron chi connectivity index (χ3n) is 2.64. The number of rotatable bonds is 2. The molecule has 2 heterocycles. The Labute approximate surface area is 99.8 Å². The molecule has 0 amide bonds. The van der Waals surface area contributed by atoms with Crippen molar-refractivity contribution in [2.24, 2.45) is 0 Å². The average molecular weight is 234 g/mol. The molecule has 1 fully saturated rings. The maximum absolute atomic E-state index is 8.89. The quantitative estimate of drug-likeness (QED) is 0.789. The number of aromatic nitrogens is 1. The van der Waals surface area contributed by atoms with Crippen molar-refractivity contribution in [3.05, 3.63) is 23.4 Å². The van der Waals surface area contributed by atoms with Gasteiger partial charge in [-0.25, -0.2) is 4.98 Å². The number of thioether (sulfide) groups is 1. The molecule has 0 N–H and O–H groups in total. The highest BCUT2D eigenvalue weighted by Gasteiger charge is 2.25. The summed E-state index contributed by atoms with van der Waals surface area (Å²) in [6.07, 6.45) is 1.33. The molecule has 2 rings (SSSR count). The van der Waals surface area contributed by atoms with Crippen LogP contribution in [-0.2, 0) is 4.74 Å².